The van der Waals surface area contributed by atoms with Crippen molar-refractivity contribution in [3.8, 4) is 5.75 Å². The van der Waals surface area contributed by atoms with Crippen LogP contribution in [0.5, 0.6) is 5.75 Å². The van der Waals surface area contributed by atoms with Crippen molar-refractivity contribution < 1.29 is 9.53 Å². The maximum Gasteiger partial charge on any atom is 0.246 e. The summed E-state index contributed by atoms with van der Waals surface area (Å²) >= 11 is 6.08. The first-order chi connectivity index (χ1) is 10.5. The molecule has 0 saturated heterocycles. The molecule has 22 heavy (non-hydrogen) atoms. The van der Waals surface area contributed by atoms with E-state index in [0.717, 1.165) is 22.7 Å². The number of hydrogen-bond donors (Lipinski definition) is 2. The van der Waals surface area contributed by atoms with Crippen LogP contribution in [0.25, 0.3) is 0 Å². The van der Waals surface area contributed by atoms with Gasteiger partial charge in [-0.15, -0.1) is 0 Å². The summed E-state index contributed by atoms with van der Waals surface area (Å²) < 4.78 is 5.09. The number of nitrogens with one attached hydrogen (secondary N) is 2. The molecule has 0 saturated carbocycles. The van der Waals surface area contributed by atoms with Crippen LogP contribution in [0, 0.1) is 6.92 Å². The Morgan fingerprint density at radius 1 is 1.18 bits per heavy atom. The first-order valence-electron chi connectivity index (χ1n) is 6.98. The van der Waals surface area contributed by atoms with Crippen LogP contribution in [0.4, 0.5) is 11.4 Å². The standard InChI is InChI=1S/C17H19ClN2O2/c1-11-15(18)5-4-6-16(11)19-12(2)17(21)20-13-7-9-14(22-3)10-8-13/h4-10,12,19H,1-3H3,(H,20,21)/t12-/m0/s1. The second-order valence-corrected chi connectivity index (χ2v) is 5.40. The molecule has 2 aromatic carbocycles. The van der Waals surface area contributed by atoms with E-state index in [2.05, 4.69) is 10.6 Å². The maximum atomic E-state index is 12.2. The second-order valence-electron chi connectivity index (χ2n) is 5.00. The number of carbonyl (C=O) groups excluding carboxylic acids is 1. The molecule has 0 unspecified atom stereocenters. The molecule has 4 nitrogen and oxygen atoms in total. The zero-order valence-electron chi connectivity index (χ0n) is 12.8. The SMILES string of the molecule is COc1ccc(NC(=O)[C@H](C)Nc2cccc(Cl)c2C)cc1. The summed E-state index contributed by atoms with van der Waals surface area (Å²) in [5, 5.41) is 6.70. The molecule has 0 bridgehead atoms. The van der Waals surface area contributed by atoms with Crippen LogP contribution in [0.3, 0.4) is 0 Å². The normalized spacial score (nSPS) is 11.6. The molecule has 0 radical (unpaired) electrons. The summed E-state index contributed by atoms with van der Waals surface area (Å²) in [6.45, 7) is 3.72. The molecule has 5 heteroatoms. The van der Waals surface area contributed by atoms with E-state index in [-0.39, 0.29) is 11.9 Å². The molecule has 0 spiro atoms. The lowest BCUT2D eigenvalue weighted by Gasteiger charge is -2.17. The molecule has 0 heterocycles. The van der Waals surface area contributed by atoms with Crippen LogP contribution in [-0.4, -0.2) is 19.1 Å². The highest BCUT2D eigenvalue weighted by Gasteiger charge is 2.14. The highest BCUT2D eigenvalue weighted by atomic mass is 35.5. The van der Waals surface area contributed by atoms with Crippen LogP contribution in [0.1, 0.15) is 12.5 Å². The fourth-order valence-electron chi connectivity index (χ4n) is 1.99. The number of rotatable bonds is 5. The Morgan fingerprint density at radius 3 is 2.50 bits per heavy atom. The van der Waals surface area contributed by atoms with E-state index in [1.165, 1.54) is 0 Å². The summed E-state index contributed by atoms with van der Waals surface area (Å²) in [6, 6.07) is 12.4. The fraction of sp³-hybridized carbons (Fsp3) is 0.235. The summed E-state index contributed by atoms with van der Waals surface area (Å²) in [5.41, 5.74) is 2.50. The minimum absolute atomic E-state index is 0.121. The summed E-state index contributed by atoms with van der Waals surface area (Å²) in [5.74, 6) is 0.628. The van der Waals surface area contributed by atoms with E-state index in [0.29, 0.717) is 5.02 Å². The molecular formula is C17H19ClN2O2. The van der Waals surface area contributed by atoms with Crippen molar-refractivity contribution in [2.75, 3.05) is 17.7 Å². The Hall–Kier alpha value is -2.20. The smallest absolute Gasteiger partial charge is 0.246 e. The lowest BCUT2D eigenvalue weighted by atomic mass is 10.1. The number of methoxy groups -OCH3 is 1. The lowest BCUT2D eigenvalue weighted by Crippen LogP contribution is -2.32. The van der Waals surface area contributed by atoms with Crippen molar-refractivity contribution in [3.05, 3.63) is 53.1 Å². The van der Waals surface area contributed by atoms with Crippen molar-refractivity contribution in [1.82, 2.24) is 0 Å². The fourth-order valence-corrected chi connectivity index (χ4v) is 2.16. The monoisotopic (exact) mass is 318 g/mol. The van der Waals surface area contributed by atoms with Crippen LogP contribution >= 0.6 is 11.6 Å². The molecule has 2 rings (SSSR count). The predicted octanol–water partition coefficient (Wildman–Crippen LogP) is 4.10. The van der Waals surface area contributed by atoms with Crippen molar-refractivity contribution in [1.29, 1.82) is 0 Å². The first kappa shape index (κ1) is 16.2. The Balaban J connectivity index is 2.01. The molecule has 1 amide bonds. The van der Waals surface area contributed by atoms with E-state index >= 15 is 0 Å². The maximum absolute atomic E-state index is 12.2. The van der Waals surface area contributed by atoms with Gasteiger partial charge in [-0.25, -0.2) is 0 Å². The van der Waals surface area contributed by atoms with Crippen molar-refractivity contribution in [2.24, 2.45) is 0 Å². The van der Waals surface area contributed by atoms with Crippen molar-refractivity contribution in [3.63, 3.8) is 0 Å². The zero-order valence-corrected chi connectivity index (χ0v) is 13.6. The molecule has 1 atom stereocenters. The minimum atomic E-state index is -0.390. The molecule has 0 aliphatic heterocycles. The van der Waals surface area contributed by atoms with Crippen LogP contribution in [-0.2, 0) is 4.79 Å². The van der Waals surface area contributed by atoms with Gasteiger partial charge in [-0.1, -0.05) is 17.7 Å². The van der Waals surface area contributed by atoms with Crippen LogP contribution in [0.2, 0.25) is 5.02 Å². The molecule has 2 aromatic rings. The summed E-state index contributed by atoms with van der Waals surface area (Å²) in [4.78, 5) is 12.2. The average molecular weight is 319 g/mol. The van der Waals surface area contributed by atoms with Gasteiger partial charge in [0.05, 0.1) is 7.11 Å². The van der Waals surface area contributed by atoms with Crippen LogP contribution in [0.15, 0.2) is 42.5 Å². The summed E-state index contributed by atoms with van der Waals surface area (Å²) in [6.07, 6.45) is 0. The van der Waals surface area contributed by atoms with Crippen molar-refractivity contribution in [2.45, 2.75) is 19.9 Å². The molecule has 0 aliphatic carbocycles. The predicted molar refractivity (Wildman–Crippen MR) is 90.9 cm³/mol. The molecular weight excluding hydrogens is 300 g/mol. The lowest BCUT2D eigenvalue weighted by molar-refractivity contribution is -0.116. The van der Waals surface area contributed by atoms with Gasteiger partial charge in [-0.3, -0.25) is 4.79 Å². The topological polar surface area (TPSA) is 50.4 Å². The van der Waals surface area contributed by atoms with E-state index in [9.17, 15) is 4.79 Å². The molecule has 116 valence electrons. The number of ether oxygens (including phenoxy) is 1. The van der Waals surface area contributed by atoms with Gasteiger partial charge in [0, 0.05) is 16.4 Å². The third-order valence-electron chi connectivity index (χ3n) is 3.39. The van der Waals surface area contributed by atoms with Crippen molar-refractivity contribution >= 4 is 28.9 Å². The quantitative estimate of drug-likeness (QED) is 0.872. The van der Waals surface area contributed by atoms with Gasteiger partial charge in [0.2, 0.25) is 5.91 Å². The van der Waals surface area contributed by atoms with Gasteiger partial charge in [-0.2, -0.15) is 0 Å². The van der Waals surface area contributed by atoms with E-state index in [1.807, 2.05) is 25.1 Å². The van der Waals surface area contributed by atoms with E-state index in [4.69, 9.17) is 16.3 Å². The van der Waals surface area contributed by atoms with Gasteiger partial charge in [0.15, 0.2) is 0 Å². The largest absolute Gasteiger partial charge is 0.497 e. The zero-order chi connectivity index (χ0) is 16.1. The molecule has 0 aromatic heterocycles. The molecule has 0 fully saturated rings. The highest BCUT2D eigenvalue weighted by molar-refractivity contribution is 6.31. The van der Waals surface area contributed by atoms with E-state index in [1.54, 1.807) is 38.3 Å². The second kappa shape index (κ2) is 7.18. The number of hydrogen-bond acceptors (Lipinski definition) is 3. The van der Waals surface area contributed by atoms with E-state index < -0.39 is 0 Å². The number of halogens is 1. The van der Waals surface area contributed by atoms with Gasteiger partial charge in [0.1, 0.15) is 11.8 Å². The Labute approximate surface area is 135 Å². The van der Waals surface area contributed by atoms with Crippen LogP contribution < -0.4 is 15.4 Å². The third-order valence-corrected chi connectivity index (χ3v) is 3.80. The molecule has 2 N–H and O–H groups in total. The molecule has 0 aliphatic rings. The Kier molecular flexibility index (Phi) is 5.28. The van der Waals surface area contributed by atoms with Gasteiger partial charge in [0.25, 0.3) is 0 Å². The number of carbonyl (C=O) groups is 1. The van der Waals surface area contributed by atoms with Gasteiger partial charge in [-0.05, 0) is 55.8 Å². The number of anilines is 2. The van der Waals surface area contributed by atoms with Gasteiger partial charge >= 0.3 is 0 Å². The Morgan fingerprint density at radius 2 is 1.86 bits per heavy atom. The summed E-state index contributed by atoms with van der Waals surface area (Å²) in [7, 11) is 1.60. The van der Waals surface area contributed by atoms with Gasteiger partial charge < -0.3 is 15.4 Å². The third kappa shape index (κ3) is 3.92. The number of amides is 1. The Bertz CT molecular complexity index is 656. The highest BCUT2D eigenvalue weighted by Crippen LogP contribution is 2.23. The first-order valence-corrected chi connectivity index (χ1v) is 7.35. The average Bonchev–Trinajstić information content (AvgIpc) is 2.52. The minimum Gasteiger partial charge on any atom is -0.497 e. The number of benzene rings is 2.